The highest BCUT2D eigenvalue weighted by atomic mass is 14.6. The van der Waals surface area contributed by atoms with Gasteiger partial charge in [0, 0.05) is 12.4 Å². The van der Waals surface area contributed by atoms with Gasteiger partial charge in [-0.05, 0) is 29.7 Å². The topological polar surface area (TPSA) is 12.9 Å². The Morgan fingerprint density at radius 2 is 2.00 bits per heavy atom. The molecule has 0 bridgehead atoms. The van der Waals surface area contributed by atoms with Gasteiger partial charge in [-0.2, -0.15) is 0 Å². The molecule has 0 fully saturated rings. The fourth-order valence-corrected chi connectivity index (χ4v) is 1.09. The van der Waals surface area contributed by atoms with Gasteiger partial charge in [-0.1, -0.05) is 31.4 Å². The summed E-state index contributed by atoms with van der Waals surface area (Å²) >= 11 is 0. The van der Waals surface area contributed by atoms with E-state index in [0.29, 0.717) is 0 Å². The second-order valence-corrected chi connectivity index (χ2v) is 2.71. The summed E-state index contributed by atoms with van der Waals surface area (Å²) in [6.07, 6.45) is 10.1. The molecule has 0 saturated heterocycles. The lowest BCUT2D eigenvalue weighted by Gasteiger charge is -2.00. The monoisotopic (exact) mass is 171 g/mol. The van der Waals surface area contributed by atoms with E-state index < -0.39 is 0 Å². The minimum atomic E-state index is 0.887. The van der Waals surface area contributed by atoms with Crippen molar-refractivity contribution in [3.05, 3.63) is 67.0 Å². The molecule has 1 nitrogen and oxygen atoms in total. The number of rotatable bonds is 4. The van der Waals surface area contributed by atoms with E-state index in [1.54, 1.807) is 18.5 Å². The van der Waals surface area contributed by atoms with Gasteiger partial charge in [0.15, 0.2) is 0 Å². The molecular weight excluding hydrogens is 158 g/mol. The van der Waals surface area contributed by atoms with Crippen molar-refractivity contribution in [2.75, 3.05) is 0 Å². The molecule has 1 rings (SSSR count). The van der Waals surface area contributed by atoms with Crippen LogP contribution >= 0.6 is 0 Å². The van der Waals surface area contributed by atoms with E-state index in [2.05, 4.69) is 18.1 Å². The quantitative estimate of drug-likeness (QED) is 0.635. The molecule has 1 aromatic rings. The zero-order valence-electron chi connectivity index (χ0n) is 7.61. The van der Waals surface area contributed by atoms with Gasteiger partial charge in [-0.25, -0.2) is 0 Å². The lowest BCUT2D eigenvalue weighted by molar-refractivity contribution is 1.17. The fraction of sp³-hybridized carbons (Fsp3) is 0.0833. The molecule has 1 heterocycles. The minimum Gasteiger partial charge on any atom is -0.265 e. The third-order valence-electron chi connectivity index (χ3n) is 1.75. The van der Waals surface area contributed by atoms with Crippen LogP contribution in [0.4, 0.5) is 0 Å². The molecule has 0 spiro atoms. The summed E-state index contributed by atoms with van der Waals surface area (Å²) in [6.45, 7) is 7.40. The van der Waals surface area contributed by atoms with Gasteiger partial charge in [-0.15, -0.1) is 0 Å². The summed E-state index contributed by atoms with van der Waals surface area (Å²) in [6, 6.07) is 4.00. The molecule has 66 valence electrons. The Morgan fingerprint density at radius 1 is 1.31 bits per heavy atom. The van der Waals surface area contributed by atoms with Gasteiger partial charge >= 0.3 is 0 Å². The largest absolute Gasteiger partial charge is 0.265 e. The van der Waals surface area contributed by atoms with Crippen LogP contribution in [0.15, 0.2) is 61.5 Å². The van der Waals surface area contributed by atoms with Crippen molar-refractivity contribution in [2.24, 2.45) is 0 Å². The van der Waals surface area contributed by atoms with E-state index in [1.807, 2.05) is 24.3 Å². The zero-order chi connectivity index (χ0) is 9.52. The van der Waals surface area contributed by atoms with E-state index in [9.17, 15) is 0 Å². The van der Waals surface area contributed by atoms with Crippen molar-refractivity contribution in [3.8, 4) is 0 Å². The van der Waals surface area contributed by atoms with E-state index in [-0.39, 0.29) is 0 Å². The first-order chi connectivity index (χ1) is 6.36. The Bertz CT molecular complexity index is 309. The third-order valence-corrected chi connectivity index (χ3v) is 1.75. The Balaban J connectivity index is 2.73. The van der Waals surface area contributed by atoms with Crippen molar-refractivity contribution in [2.45, 2.75) is 6.42 Å². The van der Waals surface area contributed by atoms with Gasteiger partial charge < -0.3 is 0 Å². The van der Waals surface area contributed by atoms with Gasteiger partial charge in [-0.3, -0.25) is 4.98 Å². The zero-order valence-corrected chi connectivity index (χ0v) is 7.61. The summed E-state index contributed by atoms with van der Waals surface area (Å²) < 4.78 is 0. The Morgan fingerprint density at radius 3 is 2.54 bits per heavy atom. The summed E-state index contributed by atoms with van der Waals surface area (Å²) in [5.41, 5.74) is 2.41. The van der Waals surface area contributed by atoms with E-state index in [0.717, 1.165) is 6.42 Å². The Labute approximate surface area is 79.1 Å². The first-order valence-corrected chi connectivity index (χ1v) is 4.19. The number of nitrogens with zero attached hydrogens (tertiary/aromatic N) is 1. The summed E-state index contributed by atoms with van der Waals surface area (Å²) in [4.78, 5) is 3.96. The maximum Gasteiger partial charge on any atom is 0.0270 e. The Kier molecular flexibility index (Phi) is 3.71. The van der Waals surface area contributed by atoms with Crippen LogP contribution in [0, 0.1) is 0 Å². The number of aromatic nitrogens is 1. The molecule has 0 amide bonds. The average Bonchev–Trinajstić information content (AvgIpc) is 2.19. The maximum atomic E-state index is 3.96. The summed E-state index contributed by atoms with van der Waals surface area (Å²) in [5.74, 6) is 0. The van der Waals surface area contributed by atoms with Crippen molar-refractivity contribution >= 4 is 0 Å². The first kappa shape index (κ1) is 9.46. The molecule has 0 aliphatic rings. The molecule has 13 heavy (non-hydrogen) atoms. The highest BCUT2D eigenvalue weighted by Crippen LogP contribution is 2.07. The lowest BCUT2D eigenvalue weighted by atomic mass is 10.1. The summed E-state index contributed by atoms with van der Waals surface area (Å²) in [7, 11) is 0. The minimum absolute atomic E-state index is 0.887. The van der Waals surface area contributed by atoms with Crippen LogP contribution < -0.4 is 0 Å². The molecule has 0 aliphatic heterocycles. The van der Waals surface area contributed by atoms with Crippen LogP contribution in [0.2, 0.25) is 0 Å². The second kappa shape index (κ2) is 5.09. The molecule has 0 saturated carbocycles. The standard InChI is InChI=1S/C12H13N/c1-3-5-11(4-2)10-12-6-8-13-9-7-12/h3-9H,1-2,10H2/b11-5+. The normalized spacial score (nSPS) is 10.9. The van der Waals surface area contributed by atoms with Crippen LogP contribution in [-0.4, -0.2) is 4.98 Å². The number of hydrogen-bond donors (Lipinski definition) is 0. The lowest BCUT2D eigenvalue weighted by Crippen LogP contribution is -1.87. The van der Waals surface area contributed by atoms with Crippen molar-refractivity contribution in [1.82, 2.24) is 4.98 Å². The molecular formula is C12H13N. The summed E-state index contributed by atoms with van der Waals surface area (Å²) in [5, 5.41) is 0. The molecule has 0 aromatic carbocycles. The van der Waals surface area contributed by atoms with Crippen molar-refractivity contribution in [3.63, 3.8) is 0 Å². The third kappa shape index (κ3) is 3.08. The van der Waals surface area contributed by atoms with Crippen LogP contribution in [0.25, 0.3) is 0 Å². The SMILES string of the molecule is C=C/C=C(\C=C)Cc1ccncc1. The van der Waals surface area contributed by atoms with Gasteiger partial charge in [0.2, 0.25) is 0 Å². The molecule has 0 radical (unpaired) electrons. The van der Waals surface area contributed by atoms with Crippen molar-refractivity contribution in [1.29, 1.82) is 0 Å². The molecule has 0 atom stereocenters. The predicted octanol–water partition coefficient (Wildman–Crippen LogP) is 2.92. The number of hydrogen-bond acceptors (Lipinski definition) is 1. The highest BCUT2D eigenvalue weighted by Gasteiger charge is 1.93. The van der Waals surface area contributed by atoms with Crippen LogP contribution in [0.1, 0.15) is 5.56 Å². The van der Waals surface area contributed by atoms with Crippen LogP contribution in [0.5, 0.6) is 0 Å². The molecule has 1 aromatic heterocycles. The number of allylic oxidation sites excluding steroid dienone is 4. The second-order valence-electron chi connectivity index (χ2n) is 2.71. The van der Waals surface area contributed by atoms with E-state index in [1.165, 1.54) is 11.1 Å². The molecule has 0 N–H and O–H groups in total. The maximum absolute atomic E-state index is 3.96. The van der Waals surface area contributed by atoms with Gasteiger partial charge in [0.1, 0.15) is 0 Å². The Hall–Kier alpha value is -1.63. The van der Waals surface area contributed by atoms with E-state index >= 15 is 0 Å². The predicted molar refractivity (Wildman–Crippen MR) is 56.4 cm³/mol. The van der Waals surface area contributed by atoms with Gasteiger partial charge in [0.05, 0.1) is 0 Å². The van der Waals surface area contributed by atoms with E-state index in [4.69, 9.17) is 0 Å². The van der Waals surface area contributed by atoms with Crippen LogP contribution in [0.3, 0.4) is 0 Å². The van der Waals surface area contributed by atoms with Crippen molar-refractivity contribution < 1.29 is 0 Å². The molecule has 1 heteroatoms. The fourth-order valence-electron chi connectivity index (χ4n) is 1.09. The first-order valence-electron chi connectivity index (χ1n) is 4.19. The van der Waals surface area contributed by atoms with Gasteiger partial charge in [0.25, 0.3) is 0 Å². The highest BCUT2D eigenvalue weighted by molar-refractivity contribution is 5.28. The smallest absolute Gasteiger partial charge is 0.0270 e. The molecule has 0 unspecified atom stereocenters. The molecule has 0 aliphatic carbocycles. The number of pyridine rings is 1. The van der Waals surface area contributed by atoms with Crippen LogP contribution in [-0.2, 0) is 6.42 Å². The average molecular weight is 171 g/mol.